The van der Waals surface area contributed by atoms with E-state index in [0.29, 0.717) is 5.92 Å². The van der Waals surface area contributed by atoms with Crippen LogP contribution in [0.5, 0.6) is 0 Å². The van der Waals surface area contributed by atoms with Crippen LogP contribution >= 0.6 is 23.2 Å². The Morgan fingerprint density at radius 1 is 1.18 bits per heavy atom. The summed E-state index contributed by atoms with van der Waals surface area (Å²) in [5.74, 6) is -0.482. The van der Waals surface area contributed by atoms with Crippen molar-refractivity contribution in [3.63, 3.8) is 0 Å². The van der Waals surface area contributed by atoms with Gasteiger partial charge in [-0.1, -0.05) is 30.1 Å². The maximum atomic E-state index is 12.2. The summed E-state index contributed by atoms with van der Waals surface area (Å²) in [6.45, 7) is 1.18. The van der Waals surface area contributed by atoms with Crippen molar-refractivity contribution in [3.05, 3.63) is 28.2 Å². The number of ether oxygens (including phenoxy) is 1. The topological polar surface area (TPSA) is 92.8 Å². The van der Waals surface area contributed by atoms with E-state index in [0.717, 1.165) is 25.7 Å². The zero-order valence-corrected chi connectivity index (χ0v) is 18.1. The first-order valence-corrected chi connectivity index (χ1v) is 11.2. The molecule has 1 aliphatic rings. The fraction of sp³-hybridized carbons (Fsp3) is 0.556. The van der Waals surface area contributed by atoms with E-state index in [1.807, 2.05) is 0 Å². The molecule has 0 unspecified atom stereocenters. The number of esters is 1. The Kier molecular flexibility index (Phi) is 8.12. The monoisotopic (exact) mass is 450 g/mol. The minimum Gasteiger partial charge on any atom is -0.455 e. The minimum atomic E-state index is -3.96. The SMILES string of the molecule is CC1CCC(N(C)C(=O)COC(=O)CNS(=O)(=O)c2ccc(Cl)c(Cl)c2)CC1. The average molecular weight is 451 g/mol. The molecule has 2 rings (SSSR count). The lowest BCUT2D eigenvalue weighted by molar-refractivity contribution is -0.151. The van der Waals surface area contributed by atoms with Crippen LogP contribution in [0.3, 0.4) is 0 Å². The van der Waals surface area contributed by atoms with Crippen molar-refractivity contribution < 1.29 is 22.7 Å². The van der Waals surface area contributed by atoms with Gasteiger partial charge in [0.2, 0.25) is 10.0 Å². The van der Waals surface area contributed by atoms with E-state index in [2.05, 4.69) is 11.6 Å². The molecule has 156 valence electrons. The molecule has 1 fully saturated rings. The number of halogens is 2. The largest absolute Gasteiger partial charge is 0.455 e. The highest BCUT2D eigenvalue weighted by Crippen LogP contribution is 2.26. The molecule has 1 aromatic rings. The van der Waals surface area contributed by atoms with Crippen LogP contribution in [0.15, 0.2) is 23.1 Å². The quantitative estimate of drug-likeness (QED) is 0.644. The van der Waals surface area contributed by atoms with E-state index in [1.165, 1.54) is 18.2 Å². The molecule has 0 spiro atoms. The first kappa shape index (κ1) is 22.9. The Morgan fingerprint density at radius 2 is 1.82 bits per heavy atom. The molecule has 1 aliphatic carbocycles. The number of sulfonamides is 1. The first-order valence-electron chi connectivity index (χ1n) is 8.96. The summed E-state index contributed by atoms with van der Waals surface area (Å²) in [6.07, 6.45) is 4.00. The molecule has 7 nitrogen and oxygen atoms in total. The predicted octanol–water partition coefficient (Wildman–Crippen LogP) is 2.85. The highest BCUT2D eigenvalue weighted by atomic mass is 35.5. The van der Waals surface area contributed by atoms with Gasteiger partial charge in [-0.3, -0.25) is 9.59 Å². The number of carbonyl (C=O) groups is 2. The summed E-state index contributed by atoms with van der Waals surface area (Å²) >= 11 is 11.6. The number of hydrogen-bond donors (Lipinski definition) is 1. The van der Waals surface area contributed by atoms with Gasteiger partial charge in [-0.25, -0.2) is 8.42 Å². The fourth-order valence-electron chi connectivity index (χ4n) is 3.01. The predicted molar refractivity (Wildman–Crippen MR) is 107 cm³/mol. The molecule has 28 heavy (non-hydrogen) atoms. The van der Waals surface area contributed by atoms with Gasteiger partial charge in [-0.05, 0) is 49.8 Å². The van der Waals surface area contributed by atoms with Crippen LogP contribution in [-0.4, -0.2) is 51.4 Å². The molecule has 1 saturated carbocycles. The fourth-order valence-corrected chi connectivity index (χ4v) is 4.37. The van der Waals surface area contributed by atoms with Crippen molar-refractivity contribution in [1.82, 2.24) is 9.62 Å². The number of benzene rings is 1. The summed E-state index contributed by atoms with van der Waals surface area (Å²) in [7, 11) is -2.26. The summed E-state index contributed by atoms with van der Waals surface area (Å²) < 4.78 is 31.4. The lowest BCUT2D eigenvalue weighted by Crippen LogP contribution is -2.42. The third-order valence-corrected chi connectivity index (χ3v) is 7.03. The van der Waals surface area contributed by atoms with E-state index in [9.17, 15) is 18.0 Å². The van der Waals surface area contributed by atoms with Crippen LogP contribution in [-0.2, 0) is 24.3 Å². The summed E-state index contributed by atoms with van der Waals surface area (Å²) in [6, 6.07) is 3.94. The van der Waals surface area contributed by atoms with Crippen LogP contribution < -0.4 is 4.72 Å². The van der Waals surface area contributed by atoms with Crippen LogP contribution in [0.1, 0.15) is 32.6 Å². The molecule has 0 aromatic heterocycles. The Morgan fingerprint density at radius 3 is 2.43 bits per heavy atom. The van der Waals surface area contributed by atoms with E-state index in [4.69, 9.17) is 27.9 Å². The maximum Gasteiger partial charge on any atom is 0.321 e. The third-order valence-electron chi connectivity index (χ3n) is 4.89. The number of likely N-dealkylation sites (N-methyl/N-ethyl adjacent to an activating group) is 1. The highest BCUT2D eigenvalue weighted by Gasteiger charge is 2.25. The van der Waals surface area contributed by atoms with Crippen LogP contribution in [0.2, 0.25) is 10.0 Å². The lowest BCUT2D eigenvalue weighted by Gasteiger charge is -2.33. The van der Waals surface area contributed by atoms with Crippen molar-refractivity contribution in [2.45, 2.75) is 43.5 Å². The number of nitrogens with one attached hydrogen (secondary N) is 1. The normalized spacial score (nSPS) is 19.9. The van der Waals surface area contributed by atoms with Gasteiger partial charge in [0.05, 0.1) is 14.9 Å². The smallest absolute Gasteiger partial charge is 0.321 e. The molecule has 0 atom stereocenters. The molecule has 0 radical (unpaired) electrons. The van der Waals surface area contributed by atoms with Crippen molar-refractivity contribution in [2.24, 2.45) is 5.92 Å². The molecular formula is C18H24Cl2N2O5S. The molecule has 1 N–H and O–H groups in total. The van der Waals surface area contributed by atoms with Gasteiger partial charge in [0, 0.05) is 13.1 Å². The molecule has 1 aromatic carbocycles. The molecule has 0 heterocycles. The van der Waals surface area contributed by atoms with E-state index >= 15 is 0 Å². The summed E-state index contributed by atoms with van der Waals surface area (Å²) in [5, 5.41) is 0.299. The lowest BCUT2D eigenvalue weighted by atomic mass is 9.87. The van der Waals surface area contributed by atoms with Crippen molar-refractivity contribution in [3.8, 4) is 0 Å². The maximum absolute atomic E-state index is 12.2. The molecular weight excluding hydrogens is 427 g/mol. The van der Waals surface area contributed by atoms with Crippen molar-refractivity contribution >= 4 is 45.1 Å². The second-order valence-electron chi connectivity index (χ2n) is 6.98. The van der Waals surface area contributed by atoms with Crippen LogP contribution in [0.4, 0.5) is 0 Å². The van der Waals surface area contributed by atoms with Crippen molar-refractivity contribution in [1.29, 1.82) is 0 Å². The number of hydrogen-bond acceptors (Lipinski definition) is 5. The first-order chi connectivity index (χ1) is 13.1. The van der Waals surface area contributed by atoms with Crippen LogP contribution in [0, 0.1) is 5.92 Å². The average Bonchev–Trinajstić information content (AvgIpc) is 2.66. The van der Waals surface area contributed by atoms with Gasteiger partial charge in [-0.2, -0.15) is 4.72 Å². The highest BCUT2D eigenvalue weighted by molar-refractivity contribution is 7.89. The number of nitrogens with zero attached hydrogens (tertiary/aromatic N) is 1. The van der Waals surface area contributed by atoms with Gasteiger partial charge in [0.1, 0.15) is 6.54 Å². The molecule has 0 saturated heterocycles. The second kappa shape index (κ2) is 9.91. The number of rotatable bonds is 7. The molecule has 1 amide bonds. The number of carbonyl (C=O) groups excluding carboxylic acids is 2. The molecule has 10 heteroatoms. The number of amides is 1. The van der Waals surface area contributed by atoms with Gasteiger partial charge < -0.3 is 9.64 Å². The zero-order chi connectivity index (χ0) is 20.9. The van der Waals surface area contributed by atoms with E-state index in [1.54, 1.807) is 11.9 Å². The Hall–Kier alpha value is -1.35. The van der Waals surface area contributed by atoms with Gasteiger partial charge in [0.15, 0.2) is 6.61 Å². The zero-order valence-electron chi connectivity index (χ0n) is 15.8. The standard InChI is InChI=1S/C18H24Cl2N2O5S/c1-12-3-5-13(6-4-12)22(2)17(23)11-27-18(24)10-21-28(25,26)14-7-8-15(19)16(20)9-14/h7-9,12-13,21H,3-6,10-11H2,1-2H3. The molecule has 0 bridgehead atoms. The molecule has 0 aliphatic heterocycles. The Balaban J connectivity index is 1.80. The van der Waals surface area contributed by atoms with Gasteiger partial charge in [-0.15, -0.1) is 0 Å². The third kappa shape index (κ3) is 6.34. The van der Waals surface area contributed by atoms with Gasteiger partial charge in [0.25, 0.3) is 5.91 Å². The second-order valence-corrected chi connectivity index (χ2v) is 9.56. The van der Waals surface area contributed by atoms with Gasteiger partial charge >= 0.3 is 5.97 Å². The minimum absolute atomic E-state index is 0.0814. The van der Waals surface area contributed by atoms with Crippen molar-refractivity contribution in [2.75, 3.05) is 20.2 Å². The summed E-state index contributed by atoms with van der Waals surface area (Å²) in [5.41, 5.74) is 0. The Labute approximate surface area is 175 Å². The Bertz CT molecular complexity index is 823. The van der Waals surface area contributed by atoms with E-state index < -0.39 is 29.1 Å². The summed E-state index contributed by atoms with van der Waals surface area (Å²) in [4.78, 5) is 25.5. The van der Waals surface area contributed by atoms with E-state index in [-0.39, 0.29) is 26.9 Å². The van der Waals surface area contributed by atoms with Crippen LogP contribution in [0.25, 0.3) is 0 Å².